The highest BCUT2D eigenvalue weighted by Gasteiger charge is 2.53. The van der Waals surface area contributed by atoms with E-state index in [9.17, 15) is 57.5 Å². The van der Waals surface area contributed by atoms with Crippen LogP contribution in [0.25, 0.3) is 0 Å². The molecule has 74 heavy (non-hydrogen) atoms. The summed E-state index contributed by atoms with van der Waals surface area (Å²) >= 11 is 4.35. The summed E-state index contributed by atoms with van der Waals surface area (Å²) in [7, 11) is -2.16. The zero-order valence-corrected chi connectivity index (χ0v) is 37.9. The van der Waals surface area contributed by atoms with Crippen molar-refractivity contribution in [2.45, 2.75) is 4.90 Å². The van der Waals surface area contributed by atoms with Crippen LogP contribution >= 0.6 is 19.9 Å². The summed E-state index contributed by atoms with van der Waals surface area (Å²) < 4.78 is 294. The van der Waals surface area contributed by atoms with Crippen LogP contribution in [0.1, 0.15) is 10.4 Å². The Morgan fingerprint density at radius 1 is 0.311 bits per heavy atom. The number of carbonyl (C=O) groups excluding carboxylic acids is 1. The van der Waals surface area contributed by atoms with Crippen molar-refractivity contribution in [3.05, 3.63) is 237 Å². The van der Waals surface area contributed by atoms with Crippen LogP contribution in [-0.2, 0) is 0 Å². The molecule has 0 saturated heterocycles. The molecule has 0 amide bonds. The van der Waals surface area contributed by atoms with Gasteiger partial charge in [0.15, 0.2) is 69.8 Å². The van der Waals surface area contributed by atoms with E-state index in [-0.39, 0.29) is 5.78 Å². The largest absolute Gasteiger partial charge is 0.290 e. The van der Waals surface area contributed by atoms with E-state index in [1.807, 2.05) is 42.5 Å². The highest BCUT2D eigenvalue weighted by atomic mass is 32.1. The van der Waals surface area contributed by atoms with E-state index in [1.165, 1.54) is 15.9 Å². The van der Waals surface area contributed by atoms with E-state index in [2.05, 4.69) is 85.4 Å². The van der Waals surface area contributed by atoms with Gasteiger partial charge in [0.1, 0.15) is 82.0 Å². The highest BCUT2D eigenvalue weighted by molar-refractivity contribution is 7.96. The van der Waals surface area contributed by atoms with Crippen LogP contribution < -0.4 is 37.8 Å². The molecule has 0 unspecified atom stereocenters. The summed E-state index contributed by atoms with van der Waals surface area (Å²) in [5.74, 6) is -71.2. The second-order valence-electron chi connectivity index (χ2n) is 15.7. The van der Waals surface area contributed by atoms with Gasteiger partial charge >= 0.3 is 0 Å². The first-order chi connectivity index (χ1) is 34.9. The van der Waals surface area contributed by atoms with Crippen LogP contribution in [0.15, 0.2) is 120 Å². The number of hydrogen-bond donors (Lipinski definition) is 1. The van der Waals surface area contributed by atoms with Gasteiger partial charge < -0.3 is 0 Å². The quantitative estimate of drug-likeness (QED) is 0.0275. The molecule has 0 atom stereocenters. The number of halogens is 20. The first kappa shape index (κ1) is 54.6. The van der Waals surface area contributed by atoms with E-state index in [0.717, 1.165) is 10.5 Å². The summed E-state index contributed by atoms with van der Waals surface area (Å²) in [5, 5.41) is 3.66. The van der Waals surface area contributed by atoms with Crippen molar-refractivity contribution in [1.82, 2.24) is 0 Å². The molecule has 0 aliphatic carbocycles. The molecule has 0 radical (unpaired) electrons. The predicted octanol–water partition coefficient (Wildman–Crippen LogP) is 11.0. The van der Waals surface area contributed by atoms with Crippen molar-refractivity contribution in [3.63, 3.8) is 0 Å². The Morgan fingerprint density at radius 2 is 0.514 bits per heavy atom. The lowest BCUT2D eigenvalue weighted by Gasteiger charge is -2.44. The molecule has 8 aromatic carbocycles. The van der Waals surface area contributed by atoms with E-state index in [4.69, 9.17) is 0 Å². The zero-order chi connectivity index (χ0) is 54.5. The number of ketones is 1. The molecule has 0 spiro atoms. The fourth-order valence-corrected chi connectivity index (χ4v) is 12.8. The summed E-state index contributed by atoms with van der Waals surface area (Å²) in [6, 6.07) is 39.0. The molecule has 382 valence electrons. The summed E-state index contributed by atoms with van der Waals surface area (Å²) in [4.78, 5) is 14.4. The average molecular weight is 1090 g/mol. The fourth-order valence-electron chi connectivity index (χ4n) is 8.60. The van der Waals surface area contributed by atoms with E-state index in [0.29, 0.717) is 6.16 Å². The molecule has 0 aliphatic rings. The summed E-state index contributed by atoms with van der Waals surface area (Å²) in [6.45, 7) is 0. The molecule has 0 heterocycles. The lowest BCUT2D eigenvalue weighted by Crippen LogP contribution is -2.81. The van der Waals surface area contributed by atoms with Gasteiger partial charge in [0.2, 0.25) is 5.78 Å². The number of hydrogen-bond acceptors (Lipinski definition) is 2. The van der Waals surface area contributed by atoms with Crippen molar-refractivity contribution in [2.75, 3.05) is 6.16 Å². The Morgan fingerprint density at radius 3 is 0.730 bits per heavy atom. The van der Waals surface area contributed by atoms with Crippen molar-refractivity contribution >= 4 is 69.6 Å². The smallest absolute Gasteiger partial charge is 0.201 e. The van der Waals surface area contributed by atoms with Gasteiger partial charge in [-0.05, 0) is 48.5 Å². The standard InChI is InChI=1S/C26H21OPS.C24BF20/c27-26(21-16-18-25(29)19-17-21)20-28(22-10-4-1-5-11-22,23-12-6-2-7-13-23)24-14-8-3-9-15-24;26-5-1(6(27)14(35)21(42)13(5)34)25(2-7(28)15(36)22(43)16(37)8(2)29,3-9(30)17(38)23(44)18(39)10(3)31)4-11(32)19(40)24(45)20(41)12(4)33/h1-19H,20H2;/q;-1/p+1. The Kier molecular flexibility index (Phi) is 15.5. The minimum absolute atomic E-state index is 0.156. The Labute approximate surface area is 409 Å². The Balaban J connectivity index is 0.000000237. The molecule has 0 aromatic heterocycles. The van der Waals surface area contributed by atoms with Gasteiger partial charge in [0.05, 0.1) is 0 Å². The van der Waals surface area contributed by atoms with Gasteiger partial charge in [-0.15, -0.1) is 34.5 Å². The van der Waals surface area contributed by atoms with Crippen LogP contribution in [0.2, 0.25) is 0 Å². The number of benzene rings is 8. The zero-order valence-electron chi connectivity index (χ0n) is 36.1. The Bertz CT molecular complexity index is 3020. The van der Waals surface area contributed by atoms with Crippen LogP contribution in [0.3, 0.4) is 0 Å². The molecule has 0 N–H and O–H groups in total. The predicted molar refractivity (Wildman–Crippen MR) is 237 cm³/mol. The van der Waals surface area contributed by atoms with Crippen molar-refractivity contribution in [1.29, 1.82) is 0 Å². The molecule has 1 nitrogen and oxygen atoms in total. The lowest BCUT2D eigenvalue weighted by molar-refractivity contribution is 0.102. The molecule has 8 rings (SSSR count). The van der Waals surface area contributed by atoms with Gasteiger partial charge in [-0.2, -0.15) is 0 Å². The number of thiol groups is 1. The third-order valence-corrected chi connectivity index (χ3v) is 16.5. The van der Waals surface area contributed by atoms with E-state index in [1.54, 1.807) is 0 Å². The van der Waals surface area contributed by atoms with Gasteiger partial charge in [-0.25, -0.2) is 87.8 Å². The number of rotatable bonds is 10. The number of carbonyl (C=O) groups is 1. The molecule has 24 heteroatoms. The molecular formula is C50H22BF20OPS. The number of Topliss-reactive ketones (excluding diaryl/α,β-unsaturated/α-hetero) is 1. The molecular weight excluding hydrogens is 1070 g/mol. The van der Waals surface area contributed by atoms with Crippen LogP contribution in [0.4, 0.5) is 87.8 Å². The molecule has 8 aromatic rings. The first-order valence-corrected chi connectivity index (χ1v) is 22.9. The topological polar surface area (TPSA) is 17.1 Å². The lowest BCUT2D eigenvalue weighted by atomic mass is 9.12. The van der Waals surface area contributed by atoms with Crippen molar-refractivity contribution < 1.29 is 92.6 Å². The average Bonchev–Trinajstić information content (AvgIpc) is 3.41. The second-order valence-corrected chi connectivity index (χ2v) is 19.7. The van der Waals surface area contributed by atoms with Gasteiger partial charge in [-0.3, -0.25) is 4.79 Å². The summed E-state index contributed by atoms with van der Waals surface area (Å²) in [6.07, 6.45) is -6.76. The van der Waals surface area contributed by atoms with Crippen LogP contribution in [-0.4, -0.2) is 18.1 Å². The maximum absolute atomic E-state index is 15.4. The highest BCUT2D eigenvalue weighted by Crippen LogP contribution is 2.55. The third-order valence-electron chi connectivity index (χ3n) is 11.9. The molecule has 0 fully saturated rings. The fraction of sp³-hybridized carbons (Fsp3) is 0.0200. The monoisotopic (exact) mass is 1090 g/mol. The maximum Gasteiger partial charge on any atom is 0.201 e. The third kappa shape index (κ3) is 8.76. The molecule has 0 bridgehead atoms. The van der Waals surface area contributed by atoms with Crippen molar-refractivity contribution in [3.8, 4) is 0 Å². The minimum Gasteiger partial charge on any atom is -0.290 e. The summed E-state index contributed by atoms with van der Waals surface area (Å²) in [5.41, 5.74) is -13.6. The minimum atomic E-state index is -7.22. The van der Waals surface area contributed by atoms with Gasteiger partial charge in [0.25, 0.3) is 0 Å². The molecule has 0 aliphatic heterocycles. The van der Waals surface area contributed by atoms with Gasteiger partial charge in [0, 0.05) is 10.5 Å². The molecule has 0 saturated carbocycles. The Hall–Kier alpha value is -7.13. The van der Waals surface area contributed by atoms with E-state index >= 15 is 35.1 Å². The second kappa shape index (κ2) is 21.0. The maximum atomic E-state index is 15.4. The van der Waals surface area contributed by atoms with Crippen LogP contribution in [0.5, 0.6) is 0 Å². The van der Waals surface area contributed by atoms with Crippen LogP contribution in [0, 0.1) is 116 Å². The first-order valence-electron chi connectivity index (χ1n) is 20.5. The van der Waals surface area contributed by atoms with Crippen molar-refractivity contribution in [2.24, 2.45) is 0 Å². The SMILES string of the molecule is Fc1c(F)c(F)c([B-](c2c(F)c(F)c(F)c(F)c2F)(c2c(F)c(F)c(F)c(F)c2F)c2c(F)c(F)c(F)c(F)c2F)c(F)c1F.O=C(C[P+](c1ccccc1)(c1ccccc1)c1ccccc1)c1ccc(S)cc1. The normalized spacial score (nSPS) is 11.7. The van der Waals surface area contributed by atoms with Gasteiger partial charge in [-0.1, -0.05) is 66.7 Å². The van der Waals surface area contributed by atoms with E-state index < -0.39 is 152 Å².